The molecular weight excluding hydrogens is 317 g/mol. The third kappa shape index (κ3) is 3.22. The second kappa shape index (κ2) is 6.18. The quantitative estimate of drug-likeness (QED) is 0.569. The number of halogens is 2. The summed E-state index contributed by atoms with van der Waals surface area (Å²) < 4.78 is 12.7. The zero-order valence-corrected chi connectivity index (χ0v) is 12.8. The second-order valence-corrected chi connectivity index (χ2v) is 5.34. The van der Waals surface area contributed by atoms with Gasteiger partial charge in [-0.15, -0.1) is 0 Å². The summed E-state index contributed by atoms with van der Waals surface area (Å²) in [4.78, 5) is 12.6. The largest absolute Gasteiger partial charge is 0.370 e. The van der Waals surface area contributed by atoms with Gasteiger partial charge in [-0.1, -0.05) is 35.9 Å². The van der Waals surface area contributed by atoms with Crippen LogP contribution in [0.3, 0.4) is 0 Å². The summed E-state index contributed by atoms with van der Waals surface area (Å²) in [6, 6.07) is 12.3. The number of benzene rings is 2. The van der Waals surface area contributed by atoms with Gasteiger partial charge in [0.05, 0.1) is 11.2 Å². The number of hydrogen-bond acceptors (Lipinski definition) is 3. The molecule has 0 radical (unpaired) electrons. The fourth-order valence-electron chi connectivity index (χ4n) is 2.23. The van der Waals surface area contributed by atoms with Crippen molar-refractivity contribution in [3.8, 4) is 11.3 Å². The molecule has 4 N–H and O–H groups in total. The molecule has 0 amide bonds. The Labute approximate surface area is 136 Å². The third-order valence-corrected chi connectivity index (χ3v) is 3.49. The molecule has 0 saturated carbocycles. The molecule has 1 aromatic heterocycles. The van der Waals surface area contributed by atoms with Crippen LogP contribution in [-0.2, 0) is 6.67 Å². The van der Waals surface area contributed by atoms with Crippen molar-refractivity contribution in [3.05, 3.63) is 53.1 Å². The molecule has 0 atom stereocenters. The normalized spacial score (nSPS) is 10.7. The Morgan fingerprint density at radius 3 is 2.48 bits per heavy atom. The van der Waals surface area contributed by atoms with E-state index in [1.165, 1.54) is 0 Å². The van der Waals surface area contributed by atoms with E-state index < -0.39 is 6.67 Å². The van der Waals surface area contributed by atoms with Crippen LogP contribution >= 0.6 is 11.6 Å². The average Bonchev–Trinajstić information content (AvgIpc) is 2.54. The van der Waals surface area contributed by atoms with E-state index in [0.29, 0.717) is 21.8 Å². The number of fused-ring (bicyclic) bond motifs is 1. The molecule has 7 heteroatoms. The number of rotatable bonds is 3. The van der Waals surface area contributed by atoms with Gasteiger partial charge in [0.25, 0.3) is 5.95 Å². The number of alkyl halides is 1. The van der Waals surface area contributed by atoms with Crippen molar-refractivity contribution in [2.24, 2.45) is 16.5 Å². The van der Waals surface area contributed by atoms with Crippen LogP contribution in [0.1, 0.15) is 5.56 Å². The molecule has 116 valence electrons. The summed E-state index contributed by atoms with van der Waals surface area (Å²) in [6.07, 6.45) is 0. The lowest BCUT2D eigenvalue weighted by atomic mass is 10.0. The molecule has 0 aliphatic rings. The van der Waals surface area contributed by atoms with E-state index in [4.69, 9.17) is 23.1 Å². The molecule has 5 nitrogen and oxygen atoms in total. The van der Waals surface area contributed by atoms with Gasteiger partial charge in [0.1, 0.15) is 6.67 Å². The Bertz CT molecular complexity index is 889. The van der Waals surface area contributed by atoms with E-state index in [0.717, 1.165) is 10.9 Å². The lowest BCUT2D eigenvalue weighted by Crippen LogP contribution is -2.22. The first-order valence-corrected chi connectivity index (χ1v) is 7.17. The Balaban J connectivity index is 2.26. The van der Waals surface area contributed by atoms with Gasteiger partial charge in [0.15, 0.2) is 5.96 Å². The third-order valence-electron chi connectivity index (χ3n) is 3.26. The van der Waals surface area contributed by atoms with Crippen molar-refractivity contribution < 1.29 is 4.39 Å². The highest BCUT2D eigenvalue weighted by Gasteiger charge is 2.10. The first kappa shape index (κ1) is 15.2. The zero-order valence-electron chi connectivity index (χ0n) is 12.0. The molecular formula is C16H13ClFN5. The molecule has 0 aliphatic carbocycles. The monoisotopic (exact) mass is 329 g/mol. The summed E-state index contributed by atoms with van der Waals surface area (Å²) >= 11 is 6.08. The molecule has 0 spiro atoms. The summed E-state index contributed by atoms with van der Waals surface area (Å²) in [7, 11) is 0. The lowest BCUT2D eigenvalue weighted by molar-refractivity contribution is 0.485. The molecule has 3 aromatic rings. The number of aliphatic imine (C=N–C) groups is 1. The van der Waals surface area contributed by atoms with Gasteiger partial charge in [-0.25, -0.2) is 14.4 Å². The summed E-state index contributed by atoms with van der Waals surface area (Å²) in [6.45, 7) is -0.518. The highest BCUT2D eigenvalue weighted by molar-refractivity contribution is 6.31. The van der Waals surface area contributed by atoms with Gasteiger partial charge in [-0.3, -0.25) is 0 Å². The molecule has 0 fully saturated rings. The lowest BCUT2D eigenvalue weighted by Gasteiger charge is -2.08. The Kier molecular flexibility index (Phi) is 4.08. The highest BCUT2D eigenvalue weighted by Crippen LogP contribution is 2.30. The molecule has 23 heavy (non-hydrogen) atoms. The maximum Gasteiger partial charge on any atom is 0.253 e. The SMILES string of the molecule is NC(N)=Nc1nc(-c2ccc(CF)cc2)c2cc(Cl)ccc2n1. The van der Waals surface area contributed by atoms with Gasteiger partial charge in [0.2, 0.25) is 0 Å². The van der Waals surface area contributed by atoms with Crippen LogP contribution in [0.15, 0.2) is 47.5 Å². The highest BCUT2D eigenvalue weighted by atomic mass is 35.5. The summed E-state index contributed by atoms with van der Waals surface area (Å²) in [5, 5.41) is 1.33. The number of hydrogen-bond donors (Lipinski definition) is 2. The van der Waals surface area contributed by atoms with Crippen molar-refractivity contribution in [1.82, 2.24) is 9.97 Å². The number of nitrogens with two attached hydrogens (primary N) is 2. The Morgan fingerprint density at radius 1 is 1.09 bits per heavy atom. The second-order valence-electron chi connectivity index (χ2n) is 4.90. The molecule has 0 bridgehead atoms. The average molecular weight is 330 g/mol. The molecule has 1 heterocycles. The minimum Gasteiger partial charge on any atom is -0.370 e. The standard InChI is InChI=1S/C16H13ClFN5/c17-11-5-6-13-12(7-11)14(22-16(21-13)23-15(19)20)10-3-1-9(8-18)2-4-10/h1-7H,8H2,(H4,19,20,21,22,23). The molecule has 2 aromatic carbocycles. The maximum absolute atomic E-state index is 12.7. The minimum atomic E-state index is -0.518. The van der Waals surface area contributed by atoms with Crippen molar-refractivity contribution in [3.63, 3.8) is 0 Å². The van der Waals surface area contributed by atoms with Gasteiger partial charge >= 0.3 is 0 Å². The smallest absolute Gasteiger partial charge is 0.253 e. The van der Waals surface area contributed by atoms with Crippen molar-refractivity contribution in [2.45, 2.75) is 6.67 Å². The van der Waals surface area contributed by atoms with E-state index in [1.807, 2.05) is 0 Å². The van der Waals surface area contributed by atoms with E-state index in [9.17, 15) is 4.39 Å². The number of nitrogens with zero attached hydrogens (tertiary/aromatic N) is 3. The topological polar surface area (TPSA) is 90.2 Å². The Morgan fingerprint density at radius 2 is 1.83 bits per heavy atom. The van der Waals surface area contributed by atoms with E-state index in [1.54, 1.807) is 42.5 Å². The van der Waals surface area contributed by atoms with Crippen LogP contribution in [0.2, 0.25) is 5.02 Å². The van der Waals surface area contributed by atoms with E-state index >= 15 is 0 Å². The van der Waals surface area contributed by atoms with Crippen molar-refractivity contribution in [1.29, 1.82) is 0 Å². The molecule has 0 unspecified atom stereocenters. The van der Waals surface area contributed by atoms with Gasteiger partial charge < -0.3 is 11.5 Å². The van der Waals surface area contributed by atoms with Crippen molar-refractivity contribution >= 4 is 34.4 Å². The number of guanidine groups is 1. The van der Waals surface area contributed by atoms with E-state index in [-0.39, 0.29) is 11.9 Å². The minimum absolute atomic E-state index is 0.128. The Hall–Kier alpha value is -2.73. The van der Waals surface area contributed by atoms with Gasteiger partial charge in [-0.2, -0.15) is 4.99 Å². The predicted octanol–water partition coefficient (Wildman–Crippen LogP) is 3.32. The maximum atomic E-state index is 12.7. The molecule has 0 saturated heterocycles. The van der Waals surface area contributed by atoms with Crippen LogP contribution in [0.25, 0.3) is 22.2 Å². The molecule has 3 rings (SSSR count). The van der Waals surface area contributed by atoms with E-state index in [2.05, 4.69) is 15.0 Å². The fourth-order valence-corrected chi connectivity index (χ4v) is 2.40. The van der Waals surface area contributed by atoms with Crippen LogP contribution in [0.4, 0.5) is 10.3 Å². The summed E-state index contributed by atoms with van der Waals surface area (Å²) in [5.41, 5.74) is 13.5. The summed E-state index contributed by atoms with van der Waals surface area (Å²) in [5.74, 6) is 0.0291. The van der Waals surface area contributed by atoms with Crippen LogP contribution in [0.5, 0.6) is 0 Å². The van der Waals surface area contributed by atoms with Gasteiger partial charge in [-0.05, 0) is 23.8 Å². The first-order chi connectivity index (χ1) is 11.1. The van der Waals surface area contributed by atoms with Crippen LogP contribution in [-0.4, -0.2) is 15.9 Å². The van der Waals surface area contributed by atoms with Crippen LogP contribution < -0.4 is 11.5 Å². The van der Waals surface area contributed by atoms with Crippen molar-refractivity contribution in [2.75, 3.05) is 0 Å². The van der Waals surface area contributed by atoms with Crippen LogP contribution in [0, 0.1) is 0 Å². The zero-order chi connectivity index (χ0) is 16.4. The predicted molar refractivity (Wildman–Crippen MR) is 90.3 cm³/mol. The fraction of sp³-hybridized carbons (Fsp3) is 0.0625. The first-order valence-electron chi connectivity index (χ1n) is 6.79. The van der Waals surface area contributed by atoms with Gasteiger partial charge in [0, 0.05) is 16.0 Å². The number of aromatic nitrogens is 2. The molecule has 0 aliphatic heterocycles.